The average Bonchev–Trinajstić information content (AvgIpc) is 3.06. The van der Waals surface area contributed by atoms with Gasteiger partial charge in [-0.25, -0.2) is 0 Å². The van der Waals surface area contributed by atoms with E-state index in [2.05, 4.69) is 36.1 Å². The molecule has 1 aliphatic heterocycles. The van der Waals surface area contributed by atoms with Crippen molar-refractivity contribution in [2.45, 2.75) is 45.1 Å². The van der Waals surface area contributed by atoms with Gasteiger partial charge in [0, 0.05) is 19.2 Å². The van der Waals surface area contributed by atoms with Crippen molar-refractivity contribution < 1.29 is 9.53 Å². The third-order valence-electron chi connectivity index (χ3n) is 4.79. The zero-order valence-corrected chi connectivity index (χ0v) is 12.9. The normalized spacial score (nSPS) is 24.6. The second-order valence-electron chi connectivity index (χ2n) is 6.26. The largest absolute Gasteiger partial charge is 0.381 e. The number of carbonyl (C=O) groups is 1. The Hall–Kier alpha value is -1.35. The van der Waals surface area contributed by atoms with E-state index in [1.165, 1.54) is 11.1 Å². The zero-order chi connectivity index (χ0) is 14.7. The van der Waals surface area contributed by atoms with Gasteiger partial charge in [-0.05, 0) is 43.2 Å². The van der Waals surface area contributed by atoms with Crippen LogP contribution in [0.5, 0.6) is 0 Å². The Labute approximate surface area is 127 Å². The number of nitrogens with zero attached hydrogens (tertiary/aromatic N) is 1. The molecule has 0 bridgehead atoms. The minimum Gasteiger partial charge on any atom is -0.381 e. The Balaban J connectivity index is 1.74. The second-order valence-corrected chi connectivity index (χ2v) is 6.26. The number of rotatable bonds is 4. The third kappa shape index (κ3) is 3.13. The molecule has 3 heteroatoms. The molecule has 2 atom stereocenters. The lowest BCUT2D eigenvalue weighted by Crippen LogP contribution is -2.46. The minimum absolute atomic E-state index is 0.0914. The van der Waals surface area contributed by atoms with E-state index in [-0.39, 0.29) is 5.92 Å². The first-order valence-electron chi connectivity index (χ1n) is 8.24. The van der Waals surface area contributed by atoms with Gasteiger partial charge in [-0.3, -0.25) is 4.79 Å². The fraction of sp³-hybridized carbons (Fsp3) is 0.611. The zero-order valence-electron chi connectivity index (χ0n) is 12.9. The fourth-order valence-corrected chi connectivity index (χ4v) is 3.62. The average molecular weight is 287 g/mol. The molecule has 1 saturated heterocycles. The number of hydrogen-bond acceptors (Lipinski definition) is 2. The highest BCUT2D eigenvalue weighted by molar-refractivity contribution is 5.79. The molecule has 0 spiro atoms. The van der Waals surface area contributed by atoms with Crippen molar-refractivity contribution in [1.82, 2.24) is 4.90 Å². The molecule has 1 aliphatic carbocycles. The van der Waals surface area contributed by atoms with Crippen LogP contribution in [0.1, 0.15) is 37.3 Å². The Morgan fingerprint density at radius 3 is 2.81 bits per heavy atom. The van der Waals surface area contributed by atoms with Crippen LogP contribution in [0.25, 0.3) is 0 Å². The summed E-state index contributed by atoms with van der Waals surface area (Å²) in [7, 11) is 0. The number of aryl methyl sites for hydroxylation is 1. The van der Waals surface area contributed by atoms with E-state index < -0.39 is 0 Å². The standard InChI is InChI=1S/C18H25NO2/c1-2-10-19(18(20)16-9-11-21-13-16)17-8-7-14-5-3-4-6-15(14)12-17/h3-6,16-17H,2,7-13H2,1H3. The molecule has 2 aliphatic rings. The molecule has 1 aromatic rings. The molecule has 0 saturated carbocycles. The van der Waals surface area contributed by atoms with E-state index in [1.807, 2.05) is 0 Å². The van der Waals surface area contributed by atoms with Gasteiger partial charge in [-0.15, -0.1) is 0 Å². The molecule has 1 aromatic carbocycles. The molecule has 3 nitrogen and oxygen atoms in total. The summed E-state index contributed by atoms with van der Waals surface area (Å²) >= 11 is 0. The summed E-state index contributed by atoms with van der Waals surface area (Å²) in [5.41, 5.74) is 2.88. The smallest absolute Gasteiger partial charge is 0.228 e. The number of benzene rings is 1. The molecule has 3 rings (SSSR count). The highest BCUT2D eigenvalue weighted by Crippen LogP contribution is 2.27. The van der Waals surface area contributed by atoms with Crippen LogP contribution in [0.4, 0.5) is 0 Å². The van der Waals surface area contributed by atoms with Gasteiger partial charge in [0.2, 0.25) is 5.91 Å². The maximum Gasteiger partial charge on any atom is 0.228 e. The number of carbonyl (C=O) groups excluding carboxylic acids is 1. The quantitative estimate of drug-likeness (QED) is 0.852. The van der Waals surface area contributed by atoms with E-state index in [1.54, 1.807) is 0 Å². The topological polar surface area (TPSA) is 29.5 Å². The van der Waals surface area contributed by atoms with Crippen LogP contribution in [0.15, 0.2) is 24.3 Å². The van der Waals surface area contributed by atoms with Crippen LogP contribution in [0.2, 0.25) is 0 Å². The molecule has 0 radical (unpaired) electrons. The van der Waals surface area contributed by atoms with Crippen molar-refractivity contribution in [2.24, 2.45) is 5.92 Å². The predicted molar refractivity (Wildman–Crippen MR) is 83.2 cm³/mol. The summed E-state index contributed by atoms with van der Waals surface area (Å²) in [6, 6.07) is 9.03. The van der Waals surface area contributed by atoms with Crippen LogP contribution < -0.4 is 0 Å². The van der Waals surface area contributed by atoms with Gasteiger partial charge < -0.3 is 9.64 Å². The van der Waals surface area contributed by atoms with Crippen molar-refractivity contribution in [1.29, 1.82) is 0 Å². The fourth-order valence-electron chi connectivity index (χ4n) is 3.62. The number of ether oxygens (including phenoxy) is 1. The van der Waals surface area contributed by atoms with Crippen LogP contribution in [0, 0.1) is 5.92 Å². The summed E-state index contributed by atoms with van der Waals surface area (Å²) in [6.07, 6.45) is 5.11. The summed E-state index contributed by atoms with van der Waals surface area (Å²) in [5, 5.41) is 0. The maximum absolute atomic E-state index is 12.8. The Morgan fingerprint density at radius 1 is 1.29 bits per heavy atom. The van der Waals surface area contributed by atoms with E-state index >= 15 is 0 Å². The van der Waals surface area contributed by atoms with E-state index in [9.17, 15) is 4.79 Å². The monoisotopic (exact) mass is 287 g/mol. The van der Waals surface area contributed by atoms with E-state index in [0.29, 0.717) is 18.6 Å². The lowest BCUT2D eigenvalue weighted by Gasteiger charge is -2.36. The number of hydrogen-bond donors (Lipinski definition) is 0. The molecule has 2 unspecified atom stereocenters. The summed E-state index contributed by atoms with van der Waals surface area (Å²) < 4.78 is 5.40. The molecule has 21 heavy (non-hydrogen) atoms. The van der Waals surface area contributed by atoms with Crippen LogP contribution in [0.3, 0.4) is 0 Å². The van der Waals surface area contributed by atoms with Gasteiger partial charge >= 0.3 is 0 Å². The molecule has 1 heterocycles. The van der Waals surface area contributed by atoms with Crippen molar-refractivity contribution in [3.63, 3.8) is 0 Å². The van der Waals surface area contributed by atoms with Crippen molar-refractivity contribution >= 4 is 5.91 Å². The van der Waals surface area contributed by atoms with Gasteiger partial charge in [0.25, 0.3) is 0 Å². The first kappa shape index (κ1) is 14.6. The number of fused-ring (bicyclic) bond motifs is 1. The Kier molecular flexibility index (Phi) is 4.59. The molecule has 1 amide bonds. The van der Waals surface area contributed by atoms with Gasteiger partial charge in [-0.1, -0.05) is 31.2 Å². The lowest BCUT2D eigenvalue weighted by molar-refractivity contribution is -0.138. The number of amides is 1. The summed E-state index contributed by atoms with van der Waals surface area (Å²) in [5.74, 6) is 0.410. The van der Waals surface area contributed by atoms with E-state index in [0.717, 1.165) is 45.3 Å². The lowest BCUT2D eigenvalue weighted by atomic mass is 9.87. The first-order valence-corrected chi connectivity index (χ1v) is 8.24. The second kappa shape index (κ2) is 6.61. The Morgan fingerprint density at radius 2 is 2.10 bits per heavy atom. The van der Waals surface area contributed by atoms with Crippen molar-refractivity contribution in [3.05, 3.63) is 35.4 Å². The molecule has 0 N–H and O–H groups in total. The summed E-state index contributed by atoms with van der Waals surface area (Å²) in [6.45, 7) is 4.39. The third-order valence-corrected chi connectivity index (χ3v) is 4.79. The molecule has 1 fully saturated rings. The predicted octanol–water partition coefficient (Wildman–Crippen LogP) is 2.82. The Bertz CT molecular complexity index is 494. The van der Waals surface area contributed by atoms with Crippen LogP contribution in [-0.2, 0) is 22.4 Å². The SMILES string of the molecule is CCCN(C(=O)C1CCOC1)C1CCc2ccccc2C1. The molecular formula is C18H25NO2. The molecule has 0 aromatic heterocycles. The van der Waals surface area contributed by atoms with Crippen molar-refractivity contribution in [2.75, 3.05) is 19.8 Å². The van der Waals surface area contributed by atoms with Crippen molar-refractivity contribution in [3.8, 4) is 0 Å². The van der Waals surface area contributed by atoms with Gasteiger partial charge in [0.15, 0.2) is 0 Å². The van der Waals surface area contributed by atoms with Gasteiger partial charge in [0.05, 0.1) is 12.5 Å². The summed E-state index contributed by atoms with van der Waals surface area (Å²) in [4.78, 5) is 14.9. The maximum atomic E-state index is 12.8. The van der Waals surface area contributed by atoms with E-state index in [4.69, 9.17) is 4.74 Å². The van der Waals surface area contributed by atoms with Gasteiger partial charge in [0.1, 0.15) is 0 Å². The van der Waals surface area contributed by atoms with Gasteiger partial charge in [-0.2, -0.15) is 0 Å². The molecular weight excluding hydrogens is 262 g/mol. The van der Waals surface area contributed by atoms with Crippen LogP contribution >= 0.6 is 0 Å². The molecule has 114 valence electrons. The van der Waals surface area contributed by atoms with Crippen LogP contribution in [-0.4, -0.2) is 36.6 Å². The first-order chi connectivity index (χ1) is 10.3. The minimum atomic E-state index is 0.0914. The highest BCUT2D eigenvalue weighted by Gasteiger charge is 2.33. The highest BCUT2D eigenvalue weighted by atomic mass is 16.5.